The topological polar surface area (TPSA) is 9.23 Å². The van der Waals surface area contributed by atoms with Crippen LogP contribution < -0.4 is 0 Å². The fourth-order valence-corrected chi connectivity index (χ4v) is 5.09. The van der Waals surface area contributed by atoms with Crippen molar-refractivity contribution in [2.45, 2.75) is 58.7 Å². The Morgan fingerprint density at radius 3 is 2.08 bits per heavy atom. The maximum absolute atomic E-state index is 5.91. The van der Waals surface area contributed by atoms with Crippen LogP contribution in [0.25, 0.3) is 0 Å². The van der Waals surface area contributed by atoms with Gasteiger partial charge >= 0.3 is 0 Å². The van der Waals surface area contributed by atoms with Gasteiger partial charge in [0.1, 0.15) is 0 Å². The molecule has 2 heteroatoms. The second-order valence-corrected chi connectivity index (χ2v) is 7.92. The molecule has 1 atom stereocenters. The van der Waals surface area contributed by atoms with Gasteiger partial charge in [0.2, 0.25) is 0 Å². The van der Waals surface area contributed by atoms with Crippen LogP contribution in [-0.2, 0) is 4.43 Å². The Bertz CT molecular complexity index is 98.0. The van der Waals surface area contributed by atoms with Gasteiger partial charge in [-0.25, -0.2) is 0 Å². The first-order chi connectivity index (χ1) is 5.68. The van der Waals surface area contributed by atoms with Gasteiger partial charge in [0.25, 0.3) is 0 Å². The van der Waals surface area contributed by atoms with E-state index in [9.17, 15) is 0 Å². The highest BCUT2D eigenvalue weighted by molar-refractivity contribution is 6.72. The molecule has 0 aromatic carbocycles. The lowest BCUT2D eigenvalue weighted by atomic mass is 10.4. The zero-order valence-corrected chi connectivity index (χ0v) is 10.2. The van der Waals surface area contributed by atoms with Gasteiger partial charge in [-0.1, -0.05) is 33.1 Å². The fourth-order valence-electron chi connectivity index (χ4n) is 1.70. The van der Waals surface area contributed by atoms with E-state index in [1.165, 1.54) is 31.4 Å². The Kier molecular flexibility index (Phi) is 6.77. The molecule has 0 saturated carbocycles. The largest absolute Gasteiger partial charge is 0.417 e. The molecule has 1 nitrogen and oxygen atoms in total. The number of hydrogen-bond donors (Lipinski definition) is 0. The highest BCUT2D eigenvalue weighted by Gasteiger charge is 2.26. The summed E-state index contributed by atoms with van der Waals surface area (Å²) in [6.07, 6.45) is 3.94. The van der Waals surface area contributed by atoms with Crippen LogP contribution in [0.15, 0.2) is 0 Å². The Morgan fingerprint density at radius 1 is 1.00 bits per heavy atom. The minimum atomic E-state index is -1.27. The van der Waals surface area contributed by atoms with E-state index in [0.717, 1.165) is 6.61 Å². The molecule has 0 heterocycles. The zero-order chi connectivity index (χ0) is 9.45. The van der Waals surface area contributed by atoms with Gasteiger partial charge in [0.05, 0.1) is 0 Å². The molecule has 0 amide bonds. The van der Waals surface area contributed by atoms with Crippen LogP contribution in [0.3, 0.4) is 0 Å². The average Bonchev–Trinajstić information content (AvgIpc) is 2.02. The summed E-state index contributed by atoms with van der Waals surface area (Å²) in [5.74, 6) is 0. The summed E-state index contributed by atoms with van der Waals surface area (Å²) in [7, 11) is -1.27. The summed E-state index contributed by atoms with van der Waals surface area (Å²) in [6.45, 7) is 9.93. The van der Waals surface area contributed by atoms with Gasteiger partial charge in [-0.05, 0) is 25.6 Å². The van der Waals surface area contributed by atoms with Crippen molar-refractivity contribution < 1.29 is 4.43 Å². The monoisotopic (exact) mass is 188 g/mol. The lowest BCUT2D eigenvalue weighted by molar-refractivity contribution is 0.322. The van der Waals surface area contributed by atoms with Crippen molar-refractivity contribution >= 4 is 8.32 Å². The van der Waals surface area contributed by atoms with E-state index in [0.29, 0.717) is 0 Å². The Morgan fingerprint density at radius 2 is 1.67 bits per heavy atom. The Balaban J connectivity index is 3.80. The maximum Gasteiger partial charge on any atom is 0.189 e. The molecule has 0 aromatic rings. The maximum atomic E-state index is 5.91. The van der Waals surface area contributed by atoms with Crippen molar-refractivity contribution in [2.24, 2.45) is 0 Å². The highest BCUT2D eigenvalue weighted by atomic mass is 28.4. The molecule has 1 unspecified atom stereocenters. The quantitative estimate of drug-likeness (QED) is 0.552. The molecule has 0 aliphatic rings. The minimum Gasteiger partial charge on any atom is -0.417 e. The number of unbranched alkanes of at least 4 members (excludes halogenated alkanes) is 1. The first kappa shape index (κ1) is 12.2. The minimum absolute atomic E-state index is 0.909. The first-order valence-corrected chi connectivity index (χ1v) is 8.14. The third-order valence-electron chi connectivity index (χ3n) is 2.33. The van der Waals surface area contributed by atoms with Crippen LogP contribution in [0.2, 0.25) is 18.6 Å². The molecule has 0 radical (unpaired) electrons. The van der Waals surface area contributed by atoms with E-state index in [1.54, 1.807) is 0 Å². The highest BCUT2D eigenvalue weighted by Crippen LogP contribution is 2.21. The molecule has 0 aliphatic carbocycles. The summed E-state index contributed by atoms with van der Waals surface area (Å²) in [4.78, 5) is 0. The number of rotatable bonds is 7. The molecular formula is C10H24OSi. The average molecular weight is 188 g/mol. The molecule has 0 fully saturated rings. The molecule has 0 rings (SSSR count). The van der Waals surface area contributed by atoms with Crippen molar-refractivity contribution in [2.75, 3.05) is 6.61 Å². The summed E-state index contributed by atoms with van der Waals surface area (Å²) in [6, 6.07) is 2.69. The van der Waals surface area contributed by atoms with Crippen LogP contribution in [-0.4, -0.2) is 14.9 Å². The predicted octanol–water partition coefficient (Wildman–Crippen LogP) is 3.81. The molecule has 12 heavy (non-hydrogen) atoms. The fraction of sp³-hybridized carbons (Fsp3) is 1.00. The first-order valence-electron chi connectivity index (χ1n) is 5.32. The van der Waals surface area contributed by atoms with Crippen LogP contribution in [0.4, 0.5) is 0 Å². The summed E-state index contributed by atoms with van der Waals surface area (Å²) in [5, 5.41) is 0. The molecule has 0 saturated heterocycles. The molecule has 0 bridgehead atoms. The van der Waals surface area contributed by atoms with Gasteiger partial charge in [0, 0.05) is 6.61 Å². The van der Waals surface area contributed by atoms with Crippen LogP contribution in [0, 0.1) is 0 Å². The summed E-state index contributed by atoms with van der Waals surface area (Å²) < 4.78 is 5.91. The predicted molar refractivity (Wildman–Crippen MR) is 58.1 cm³/mol. The standard InChI is InChI=1S/C10H24OSi/c1-5-8-10-12(4,9-6-2)11-7-3/h5-10H2,1-4H3. The van der Waals surface area contributed by atoms with E-state index in [2.05, 4.69) is 27.3 Å². The third kappa shape index (κ3) is 4.94. The van der Waals surface area contributed by atoms with Gasteiger partial charge in [0.15, 0.2) is 8.32 Å². The van der Waals surface area contributed by atoms with Crippen molar-refractivity contribution in [3.8, 4) is 0 Å². The van der Waals surface area contributed by atoms with E-state index >= 15 is 0 Å². The summed E-state index contributed by atoms with van der Waals surface area (Å²) in [5.41, 5.74) is 0. The molecular weight excluding hydrogens is 164 g/mol. The van der Waals surface area contributed by atoms with Crippen molar-refractivity contribution in [3.63, 3.8) is 0 Å². The van der Waals surface area contributed by atoms with E-state index in [-0.39, 0.29) is 0 Å². The van der Waals surface area contributed by atoms with Crippen LogP contribution in [0.5, 0.6) is 0 Å². The Labute approximate surface area is 78.6 Å². The van der Waals surface area contributed by atoms with Crippen molar-refractivity contribution in [1.82, 2.24) is 0 Å². The second-order valence-electron chi connectivity index (χ2n) is 3.74. The Hall–Kier alpha value is 0.177. The van der Waals surface area contributed by atoms with Crippen LogP contribution >= 0.6 is 0 Å². The molecule has 0 aromatic heterocycles. The SMILES string of the molecule is CCCC[Si](C)(CCC)OCC. The van der Waals surface area contributed by atoms with Gasteiger partial charge in [-0.15, -0.1) is 0 Å². The van der Waals surface area contributed by atoms with Crippen molar-refractivity contribution in [3.05, 3.63) is 0 Å². The molecule has 0 aliphatic heterocycles. The third-order valence-corrected chi connectivity index (χ3v) is 6.29. The second kappa shape index (κ2) is 6.67. The van der Waals surface area contributed by atoms with Gasteiger partial charge in [-0.2, -0.15) is 0 Å². The smallest absolute Gasteiger partial charge is 0.189 e. The van der Waals surface area contributed by atoms with Gasteiger partial charge < -0.3 is 4.43 Å². The van der Waals surface area contributed by atoms with Crippen LogP contribution in [0.1, 0.15) is 40.0 Å². The van der Waals surface area contributed by atoms with E-state index in [4.69, 9.17) is 4.43 Å². The zero-order valence-electron chi connectivity index (χ0n) is 9.15. The molecule has 74 valence electrons. The summed E-state index contributed by atoms with van der Waals surface area (Å²) >= 11 is 0. The van der Waals surface area contributed by atoms with Crippen molar-refractivity contribution in [1.29, 1.82) is 0 Å². The van der Waals surface area contributed by atoms with E-state index < -0.39 is 8.32 Å². The lowest BCUT2D eigenvalue weighted by Gasteiger charge is -2.26. The normalized spacial score (nSPS) is 16.0. The number of hydrogen-bond acceptors (Lipinski definition) is 1. The molecule has 0 N–H and O–H groups in total. The molecule has 0 spiro atoms. The lowest BCUT2D eigenvalue weighted by Crippen LogP contribution is -2.33. The van der Waals surface area contributed by atoms with E-state index in [1.807, 2.05) is 0 Å². The van der Waals surface area contributed by atoms with Gasteiger partial charge in [-0.3, -0.25) is 0 Å².